The molecule has 0 aliphatic heterocycles. The Hall–Kier alpha value is -2.69. The van der Waals surface area contributed by atoms with Crippen molar-refractivity contribution in [2.24, 2.45) is 0 Å². The quantitative estimate of drug-likeness (QED) is 0.832. The second kappa shape index (κ2) is 7.93. The largest absolute Gasteiger partial charge is 0.460 e. The molecule has 0 atom stereocenters. The first-order chi connectivity index (χ1) is 10.6. The molecule has 0 aliphatic carbocycles. The van der Waals surface area contributed by atoms with Gasteiger partial charge in [0, 0.05) is 0 Å². The zero-order valence-corrected chi connectivity index (χ0v) is 11.9. The molecule has 0 unspecified atom stereocenters. The van der Waals surface area contributed by atoms with Gasteiger partial charge in [-0.25, -0.2) is 4.39 Å². The first kappa shape index (κ1) is 15.7. The van der Waals surface area contributed by atoms with Crippen molar-refractivity contribution < 1.29 is 18.7 Å². The summed E-state index contributed by atoms with van der Waals surface area (Å²) in [5.74, 6) is -1.27. The van der Waals surface area contributed by atoms with E-state index in [9.17, 15) is 14.0 Å². The van der Waals surface area contributed by atoms with Gasteiger partial charge in [-0.3, -0.25) is 9.59 Å². The van der Waals surface area contributed by atoms with Crippen molar-refractivity contribution in [1.29, 1.82) is 0 Å². The maximum absolute atomic E-state index is 13.0. The minimum absolute atomic E-state index is 0.0176. The van der Waals surface area contributed by atoms with Crippen LogP contribution in [0.3, 0.4) is 0 Å². The van der Waals surface area contributed by atoms with Crippen molar-refractivity contribution in [3.05, 3.63) is 71.5 Å². The summed E-state index contributed by atoms with van der Waals surface area (Å²) in [4.78, 5) is 23.2. The topological polar surface area (TPSA) is 55.4 Å². The van der Waals surface area contributed by atoms with Gasteiger partial charge in [-0.1, -0.05) is 42.5 Å². The van der Waals surface area contributed by atoms with Gasteiger partial charge < -0.3 is 10.1 Å². The summed E-state index contributed by atoms with van der Waals surface area (Å²) >= 11 is 0. The van der Waals surface area contributed by atoms with Gasteiger partial charge in [0.05, 0.1) is 6.42 Å². The molecule has 0 radical (unpaired) electrons. The van der Waals surface area contributed by atoms with Crippen LogP contribution in [0.4, 0.5) is 4.39 Å². The highest BCUT2D eigenvalue weighted by Gasteiger charge is 2.08. The molecule has 0 aliphatic rings. The first-order valence-corrected chi connectivity index (χ1v) is 6.84. The van der Waals surface area contributed by atoms with Crippen molar-refractivity contribution in [3.8, 4) is 0 Å². The second-order valence-corrected chi connectivity index (χ2v) is 4.73. The van der Waals surface area contributed by atoms with E-state index in [0.717, 1.165) is 5.56 Å². The highest BCUT2D eigenvalue weighted by molar-refractivity contribution is 5.83. The maximum atomic E-state index is 13.0. The van der Waals surface area contributed by atoms with Crippen molar-refractivity contribution in [1.82, 2.24) is 5.32 Å². The van der Waals surface area contributed by atoms with E-state index in [-0.39, 0.29) is 25.5 Å². The molecule has 1 N–H and O–H groups in total. The number of hydrogen-bond acceptors (Lipinski definition) is 3. The lowest BCUT2D eigenvalue weighted by Gasteiger charge is -2.07. The van der Waals surface area contributed by atoms with Crippen LogP contribution in [0, 0.1) is 5.82 Å². The van der Waals surface area contributed by atoms with Crippen LogP contribution in [0.2, 0.25) is 0 Å². The van der Waals surface area contributed by atoms with Crippen molar-refractivity contribution in [2.45, 2.75) is 13.0 Å². The van der Waals surface area contributed by atoms with E-state index in [4.69, 9.17) is 4.74 Å². The smallest absolute Gasteiger partial charge is 0.325 e. The van der Waals surface area contributed by atoms with Crippen LogP contribution in [-0.4, -0.2) is 18.4 Å². The third-order valence-corrected chi connectivity index (χ3v) is 2.93. The molecule has 5 heteroatoms. The number of rotatable bonds is 6. The Balaban J connectivity index is 1.70. The van der Waals surface area contributed by atoms with Crippen LogP contribution in [0.15, 0.2) is 54.6 Å². The highest BCUT2D eigenvalue weighted by Crippen LogP contribution is 2.04. The lowest BCUT2D eigenvalue weighted by Crippen LogP contribution is -2.31. The number of carbonyl (C=O) groups is 2. The fraction of sp³-hybridized carbons (Fsp3) is 0.176. The molecule has 2 aromatic carbocycles. The molecule has 0 bridgehead atoms. The van der Waals surface area contributed by atoms with E-state index in [1.54, 1.807) is 6.07 Å². The van der Waals surface area contributed by atoms with Crippen LogP contribution in [0.1, 0.15) is 11.1 Å². The Bertz CT molecular complexity index is 643. The van der Waals surface area contributed by atoms with Gasteiger partial charge in [0.1, 0.15) is 19.0 Å². The molecule has 0 heterocycles. The molecular formula is C17H16FNO3. The normalized spacial score (nSPS) is 10.0. The Kier molecular flexibility index (Phi) is 5.65. The number of nitrogens with one attached hydrogen (secondary N) is 1. The van der Waals surface area contributed by atoms with Gasteiger partial charge >= 0.3 is 5.97 Å². The highest BCUT2D eigenvalue weighted by atomic mass is 19.1. The van der Waals surface area contributed by atoms with E-state index in [0.29, 0.717) is 5.56 Å². The molecule has 0 saturated heterocycles. The summed E-state index contributed by atoms with van der Waals surface area (Å²) in [5, 5.41) is 2.45. The maximum Gasteiger partial charge on any atom is 0.325 e. The van der Waals surface area contributed by atoms with Gasteiger partial charge in [-0.2, -0.15) is 0 Å². The third-order valence-electron chi connectivity index (χ3n) is 2.93. The Morgan fingerprint density at radius 3 is 2.45 bits per heavy atom. The average molecular weight is 301 g/mol. The number of carbonyl (C=O) groups excluding carboxylic acids is 2. The van der Waals surface area contributed by atoms with Crippen LogP contribution >= 0.6 is 0 Å². The predicted octanol–water partition coefficient (Wildman–Crippen LogP) is 2.23. The first-order valence-electron chi connectivity index (χ1n) is 6.84. The molecule has 2 rings (SSSR count). The van der Waals surface area contributed by atoms with Crippen molar-refractivity contribution in [3.63, 3.8) is 0 Å². The average Bonchev–Trinajstić information content (AvgIpc) is 2.52. The molecule has 22 heavy (non-hydrogen) atoms. The molecule has 114 valence electrons. The van der Waals surface area contributed by atoms with Crippen LogP contribution in [-0.2, 0) is 27.4 Å². The number of esters is 1. The second-order valence-electron chi connectivity index (χ2n) is 4.73. The fourth-order valence-corrected chi connectivity index (χ4v) is 1.85. The zero-order chi connectivity index (χ0) is 15.8. The Morgan fingerprint density at radius 1 is 1.00 bits per heavy atom. The standard InChI is InChI=1S/C17H16FNO3/c18-15-8-4-7-14(9-15)10-16(20)19-11-17(21)22-12-13-5-2-1-3-6-13/h1-9H,10-12H2,(H,19,20). The summed E-state index contributed by atoms with van der Waals surface area (Å²) in [6, 6.07) is 15.0. The van der Waals surface area contributed by atoms with Gasteiger partial charge in [-0.05, 0) is 23.3 Å². The van der Waals surface area contributed by atoms with Crippen LogP contribution in [0.5, 0.6) is 0 Å². The summed E-state index contributed by atoms with van der Waals surface area (Å²) in [6.07, 6.45) is 0.0176. The molecular weight excluding hydrogens is 285 g/mol. The molecule has 4 nitrogen and oxygen atoms in total. The van der Waals surface area contributed by atoms with E-state index < -0.39 is 11.8 Å². The van der Waals surface area contributed by atoms with Gasteiger partial charge in [0.15, 0.2) is 0 Å². The zero-order valence-electron chi connectivity index (χ0n) is 11.9. The van der Waals surface area contributed by atoms with Gasteiger partial charge in [-0.15, -0.1) is 0 Å². The SMILES string of the molecule is O=C(Cc1cccc(F)c1)NCC(=O)OCc1ccccc1. The lowest BCUT2D eigenvalue weighted by molar-refractivity contribution is -0.145. The summed E-state index contributed by atoms with van der Waals surface area (Å²) in [6.45, 7) is -0.0412. The van der Waals surface area contributed by atoms with E-state index in [1.165, 1.54) is 18.2 Å². The molecule has 0 spiro atoms. The monoisotopic (exact) mass is 301 g/mol. The summed E-state index contributed by atoms with van der Waals surface area (Å²) < 4.78 is 18.0. The third kappa shape index (κ3) is 5.36. The van der Waals surface area contributed by atoms with Crippen LogP contribution in [0.25, 0.3) is 0 Å². The Morgan fingerprint density at radius 2 is 1.73 bits per heavy atom. The van der Waals surface area contributed by atoms with Gasteiger partial charge in [0.2, 0.25) is 5.91 Å². The minimum atomic E-state index is -0.517. The van der Waals surface area contributed by atoms with E-state index in [1.807, 2.05) is 30.3 Å². The van der Waals surface area contributed by atoms with Crippen LogP contribution < -0.4 is 5.32 Å². The van der Waals surface area contributed by atoms with E-state index >= 15 is 0 Å². The molecule has 1 amide bonds. The molecule has 0 fully saturated rings. The number of halogens is 1. The summed E-state index contributed by atoms with van der Waals surface area (Å²) in [7, 11) is 0. The molecule has 0 saturated carbocycles. The number of ether oxygens (including phenoxy) is 1. The number of amides is 1. The van der Waals surface area contributed by atoms with Gasteiger partial charge in [0.25, 0.3) is 0 Å². The predicted molar refractivity (Wildman–Crippen MR) is 79.4 cm³/mol. The minimum Gasteiger partial charge on any atom is -0.460 e. The number of benzene rings is 2. The Labute approximate surface area is 127 Å². The lowest BCUT2D eigenvalue weighted by atomic mass is 10.1. The van der Waals surface area contributed by atoms with E-state index in [2.05, 4.69) is 5.32 Å². The fourth-order valence-electron chi connectivity index (χ4n) is 1.85. The molecule has 2 aromatic rings. The van der Waals surface area contributed by atoms with Crippen molar-refractivity contribution in [2.75, 3.05) is 6.54 Å². The van der Waals surface area contributed by atoms with Crippen molar-refractivity contribution >= 4 is 11.9 Å². The molecule has 0 aromatic heterocycles. The summed E-state index contributed by atoms with van der Waals surface area (Å²) in [5.41, 5.74) is 1.43. The number of hydrogen-bond donors (Lipinski definition) is 1.